The quantitative estimate of drug-likeness (QED) is 0.329. The molecule has 0 aliphatic rings. The van der Waals surface area contributed by atoms with Crippen LogP contribution in [0.5, 0.6) is 0 Å². The Morgan fingerprint density at radius 2 is 0.889 bits per heavy atom. The molecule has 0 amide bonds. The van der Waals surface area contributed by atoms with Gasteiger partial charge >= 0.3 is 37.7 Å². The zero-order chi connectivity index (χ0) is 3.58. The van der Waals surface area contributed by atoms with Crippen molar-refractivity contribution < 1.29 is 36.9 Å². The number of hydrogen-bond acceptors (Lipinski definition) is 3. The van der Waals surface area contributed by atoms with E-state index in [1.807, 2.05) is 0 Å². The molecule has 0 saturated carbocycles. The van der Waals surface area contributed by atoms with Crippen LogP contribution >= 0.6 is 0 Å². The summed E-state index contributed by atoms with van der Waals surface area (Å²) in [6.07, 6.45) is -2.33. The Morgan fingerprint density at radius 1 is 0.889 bits per heavy atom. The Morgan fingerprint density at radius 3 is 0.889 bits per heavy atom. The predicted octanol–water partition coefficient (Wildman–Crippen LogP) is -6.13. The van der Waals surface area contributed by atoms with Crippen LogP contribution in [-0.4, -0.2) is 65.8 Å². The number of carboxylic acid groups (broad SMARTS) is 2. The summed E-state index contributed by atoms with van der Waals surface area (Å²) in [5.74, 6) is 0. The van der Waals surface area contributed by atoms with Crippen LogP contribution < -0.4 is 10.2 Å². The van der Waals surface area contributed by atoms with Gasteiger partial charge in [0.1, 0.15) is 0 Å². The van der Waals surface area contributed by atoms with Crippen LogP contribution in [0, 0.1) is 0 Å². The zero-order valence-corrected chi connectivity index (χ0v) is 6.64. The van der Waals surface area contributed by atoms with Gasteiger partial charge in [-0.05, 0) is 6.16 Å². The second-order valence-electron chi connectivity index (χ2n) is 0.250. The second kappa shape index (κ2) is 40.0. The maximum atomic E-state index is 8.33. The Bertz CT molecular complexity index is 31.9. The van der Waals surface area contributed by atoms with E-state index in [1.165, 1.54) is 0 Å². The molecule has 0 fully saturated rings. The Labute approximate surface area is 80.5 Å². The van der Waals surface area contributed by atoms with E-state index in [4.69, 9.17) is 15.0 Å². The Kier molecular flexibility index (Phi) is 257. The summed E-state index contributed by atoms with van der Waals surface area (Å²) in [7, 11) is 0. The van der Waals surface area contributed by atoms with Gasteiger partial charge in [-0.2, -0.15) is 0 Å². The summed E-state index contributed by atoms with van der Waals surface area (Å²) >= 11 is 0. The predicted molar refractivity (Wildman–Crippen MR) is 25.6 cm³/mol. The van der Waals surface area contributed by atoms with Crippen molar-refractivity contribution in [3.8, 4) is 0 Å². The Hall–Kier alpha value is 0.370. The van der Waals surface area contributed by atoms with Crippen LogP contribution in [0.1, 0.15) is 0 Å². The molecule has 0 aliphatic heterocycles. The number of carbonyl (C=O) groups is 1. The number of rotatable bonds is 0. The van der Waals surface area contributed by atoms with Crippen molar-refractivity contribution in [2.45, 2.75) is 0 Å². The first-order valence-corrected chi connectivity index (χ1v) is 0.612. The summed E-state index contributed by atoms with van der Waals surface area (Å²) in [6.45, 7) is 0. The van der Waals surface area contributed by atoms with Gasteiger partial charge in [0.2, 0.25) is 0 Å². The molecule has 0 spiro atoms. The minimum atomic E-state index is -2.33. The summed E-state index contributed by atoms with van der Waals surface area (Å²) < 4.78 is 0. The van der Waals surface area contributed by atoms with E-state index in [0.29, 0.717) is 0 Å². The smallest absolute Gasteiger partial charge is 0.652 e. The van der Waals surface area contributed by atoms with E-state index in [1.54, 1.807) is 0 Å². The molecule has 0 aromatic heterocycles. The third kappa shape index (κ3) is 2480. The van der Waals surface area contributed by atoms with Crippen LogP contribution in [0.15, 0.2) is 0 Å². The fourth-order valence-electron chi connectivity index (χ4n) is 0. The normalized spacial score (nSPS) is 2.67. The molecule has 9 heavy (non-hydrogen) atoms. The van der Waals surface area contributed by atoms with E-state index >= 15 is 0 Å². The molecule has 0 radical (unpaired) electrons. The standard InChI is InChI=1S/CH2O3.Ca.4H2O/c2-1(3)4;;;;;/h(H2,2,3,4);;4*1H2/q;+2;;;;/p-2. The molecular weight excluding hydrogens is 164 g/mol. The van der Waals surface area contributed by atoms with E-state index < -0.39 is 6.16 Å². The van der Waals surface area contributed by atoms with Gasteiger partial charge in [-0.1, -0.05) is 0 Å². The molecule has 8 heteroatoms. The molecule has 7 nitrogen and oxygen atoms in total. The summed E-state index contributed by atoms with van der Waals surface area (Å²) in [6, 6.07) is 0. The minimum Gasteiger partial charge on any atom is -0.652 e. The molecule has 0 saturated heterocycles. The van der Waals surface area contributed by atoms with E-state index in [-0.39, 0.29) is 59.6 Å². The average Bonchev–Trinajstić information content (AvgIpc) is 0.811. The van der Waals surface area contributed by atoms with Crippen molar-refractivity contribution in [3.63, 3.8) is 0 Å². The molecule has 0 bridgehead atoms. The van der Waals surface area contributed by atoms with Crippen LogP contribution in [0.3, 0.4) is 0 Å². The summed E-state index contributed by atoms with van der Waals surface area (Å²) in [4.78, 5) is 8.33. The van der Waals surface area contributed by atoms with E-state index in [2.05, 4.69) is 0 Å². The minimum absolute atomic E-state index is 0. The molecule has 0 aromatic carbocycles. The molecule has 0 aromatic rings. The van der Waals surface area contributed by atoms with Gasteiger partial charge < -0.3 is 36.9 Å². The average molecular weight is 172 g/mol. The van der Waals surface area contributed by atoms with Crippen molar-refractivity contribution in [3.05, 3.63) is 0 Å². The van der Waals surface area contributed by atoms with Gasteiger partial charge in [-0.25, -0.2) is 0 Å². The van der Waals surface area contributed by atoms with E-state index in [0.717, 1.165) is 0 Å². The molecular formula is CH8CaO7. The van der Waals surface area contributed by atoms with Gasteiger partial charge in [-0.3, -0.25) is 0 Å². The number of hydrogen-bond donors (Lipinski definition) is 0. The molecule has 0 unspecified atom stereocenters. The van der Waals surface area contributed by atoms with Crippen molar-refractivity contribution in [1.29, 1.82) is 0 Å². The van der Waals surface area contributed by atoms with Crippen LogP contribution in [0.2, 0.25) is 0 Å². The number of carbonyl (C=O) groups excluding carboxylic acids is 1. The maximum absolute atomic E-state index is 8.33. The molecule has 56 valence electrons. The molecule has 0 rings (SSSR count). The SMILES string of the molecule is O.O.O.O.O=C([O-])[O-].[Ca+2]. The first kappa shape index (κ1) is 57.8. The van der Waals surface area contributed by atoms with Crippen molar-refractivity contribution in [2.75, 3.05) is 0 Å². The van der Waals surface area contributed by atoms with Gasteiger partial charge in [0.05, 0.1) is 0 Å². The van der Waals surface area contributed by atoms with Gasteiger partial charge in [0.25, 0.3) is 0 Å². The summed E-state index contributed by atoms with van der Waals surface area (Å²) in [5.41, 5.74) is 0. The largest absolute Gasteiger partial charge is 2.00 e. The van der Waals surface area contributed by atoms with Crippen LogP contribution in [0.4, 0.5) is 4.79 Å². The fourth-order valence-corrected chi connectivity index (χ4v) is 0. The second-order valence-corrected chi connectivity index (χ2v) is 0.250. The molecule has 0 aliphatic carbocycles. The summed E-state index contributed by atoms with van der Waals surface area (Å²) in [5, 5.41) is 16.7. The van der Waals surface area contributed by atoms with E-state index in [9.17, 15) is 0 Å². The third-order valence-corrected chi connectivity index (χ3v) is 0. The first-order chi connectivity index (χ1) is 1.73. The van der Waals surface area contributed by atoms with Crippen molar-refractivity contribution in [1.82, 2.24) is 0 Å². The first-order valence-electron chi connectivity index (χ1n) is 0.612. The maximum Gasteiger partial charge on any atom is 2.00 e. The topological polar surface area (TPSA) is 189 Å². The molecule has 0 atom stereocenters. The van der Waals surface area contributed by atoms with Crippen molar-refractivity contribution in [2.24, 2.45) is 0 Å². The Balaban J connectivity index is -0.00000000450. The monoisotopic (exact) mass is 172 g/mol. The van der Waals surface area contributed by atoms with Gasteiger partial charge in [0.15, 0.2) is 0 Å². The molecule has 0 heterocycles. The van der Waals surface area contributed by atoms with Gasteiger partial charge in [0, 0.05) is 0 Å². The van der Waals surface area contributed by atoms with Crippen LogP contribution in [0.25, 0.3) is 0 Å². The fraction of sp³-hybridized carbons (Fsp3) is 0. The zero-order valence-electron chi connectivity index (χ0n) is 4.43. The molecule has 8 N–H and O–H groups in total. The third-order valence-electron chi connectivity index (χ3n) is 0. The van der Waals surface area contributed by atoms with Gasteiger partial charge in [-0.15, -0.1) is 0 Å². The van der Waals surface area contributed by atoms with Crippen molar-refractivity contribution >= 4 is 43.9 Å². The van der Waals surface area contributed by atoms with Crippen LogP contribution in [-0.2, 0) is 0 Å².